The standard InChI is InChI=1S/C15H19F2NO2/c1-8(2)13(19)7-18-15(20)11-6-10(11)9-4-3-5-12(16)14(9)17/h3-5,8,10-11,13,19H,6-7H2,1-2H3,(H,18,20). The minimum atomic E-state index is -0.885. The molecule has 1 aromatic rings. The molecular formula is C15H19F2NO2. The number of carbonyl (C=O) groups is 1. The quantitative estimate of drug-likeness (QED) is 0.870. The molecule has 3 nitrogen and oxygen atoms in total. The maximum absolute atomic E-state index is 13.6. The number of carbonyl (C=O) groups excluding carboxylic acids is 1. The van der Waals surface area contributed by atoms with Crippen molar-refractivity contribution in [2.24, 2.45) is 11.8 Å². The third-order valence-corrected chi connectivity index (χ3v) is 3.76. The Morgan fingerprint density at radius 1 is 1.45 bits per heavy atom. The van der Waals surface area contributed by atoms with E-state index in [1.165, 1.54) is 12.1 Å². The van der Waals surface area contributed by atoms with Crippen LogP contribution in [0, 0.1) is 23.5 Å². The number of aliphatic hydroxyl groups is 1. The first-order chi connectivity index (χ1) is 9.41. The SMILES string of the molecule is CC(C)C(O)CNC(=O)C1CC1c1cccc(F)c1F. The Bertz CT molecular complexity index is 505. The molecule has 2 rings (SSSR count). The van der Waals surface area contributed by atoms with E-state index in [0.717, 1.165) is 6.07 Å². The lowest BCUT2D eigenvalue weighted by Crippen LogP contribution is -2.35. The number of hydrogen-bond acceptors (Lipinski definition) is 2. The summed E-state index contributed by atoms with van der Waals surface area (Å²) in [5, 5.41) is 12.3. The molecular weight excluding hydrogens is 264 g/mol. The maximum atomic E-state index is 13.6. The van der Waals surface area contributed by atoms with Crippen molar-refractivity contribution in [1.82, 2.24) is 5.32 Å². The normalized spacial score (nSPS) is 22.7. The molecule has 1 fully saturated rings. The minimum Gasteiger partial charge on any atom is -0.391 e. The molecule has 0 saturated heterocycles. The molecule has 0 aromatic heterocycles. The van der Waals surface area contributed by atoms with Gasteiger partial charge in [0.2, 0.25) is 5.91 Å². The van der Waals surface area contributed by atoms with E-state index in [9.17, 15) is 18.7 Å². The molecule has 3 atom stereocenters. The average Bonchev–Trinajstić information content (AvgIpc) is 3.18. The average molecular weight is 283 g/mol. The number of amides is 1. The number of halogens is 2. The van der Waals surface area contributed by atoms with Gasteiger partial charge in [-0.1, -0.05) is 26.0 Å². The molecule has 1 amide bonds. The second kappa shape index (κ2) is 5.87. The second-order valence-electron chi connectivity index (χ2n) is 5.65. The Hall–Kier alpha value is -1.49. The predicted molar refractivity (Wildman–Crippen MR) is 71.1 cm³/mol. The molecule has 1 aliphatic carbocycles. The van der Waals surface area contributed by atoms with E-state index in [4.69, 9.17) is 0 Å². The van der Waals surface area contributed by atoms with E-state index < -0.39 is 17.7 Å². The molecule has 0 radical (unpaired) electrons. The Labute approximate surface area is 117 Å². The van der Waals surface area contributed by atoms with Gasteiger partial charge in [-0.25, -0.2) is 8.78 Å². The highest BCUT2D eigenvalue weighted by molar-refractivity contribution is 5.82. The molecule has 1 aliphatic rings. The lowest BCUT2D eigenvalue weighted by atomic mass is 10.1. The van der Waals surface area contributed by atoms with Crippen LogP contribution >= 0.6 is 0 Å². The first kappa shape index (κ1) is 14.9. The van der Waals surface area contributed by atoms with Gasteiger partial charge < -0.3 is 10.4 Å². The van der Waals surface area contributed by atoms with E-state index in [1.54, 1.807) is 0 Å². The number of nitrogens with one attached hydrogen (secondary N) is 1. The number of hydrogen-bond donors (Lipinski definition) is 2. The Morgan fingerprint density at radius 2 is 2.15 bits per heavy atom. The third-order valence-electron chi connectivity index (χ3n) is 3.76. The molecule has 0 spiro atoms. The van der Waals surface area contributed by atoms with Gasteiger partial charge in [0.1, 0.15) is 0 Å². The largest absolute Gasteiger partial charge is 0.391 e. The summed E-state index contributed by atoms with van der Waals surface area (Å²) in [4.78, 5) is 11.9. The van der Waals surface area contributed by atoms with E-state index in [0.29, 0.717) is 6.42 Å². The zero-order chi connectivity index (χ0) is 14.9. The second-order valence-corrected chi connectivity index (χ2v) is 5.65. The maximum Gasteiger partial charge on any atom is 0.223 e. The summed E-state index contributed by atoms with van der Waals surface area (Å²) in [5.41, 5.74) is 0.259. The first-order valence-electron chi connectivity index (χ1n) is 6.81. The Morgan fingerprint density at radius 3 is 2.80 bits per heavy atom. The molecule has 1 aromatic carbocycles. The van der Waals surface area contributed by atoms with Crippen LogP contribution in [0.15, 0.2) is 18.2 Å². The van der Waals surface area contributed by atoms with Gasteiger partial charge in [-0.3, -0.25) is 4.79 Å². The van der Waals surface area contributed by atoms with Crippen molar-refractivity contribution in [2.45, 2.75) is 32.3 Å². The van der Waals surface area contributed by atoms with Crippen LogP contribution < -0.4 is 5.32 Å². The molecule has 1 saturated carbocycles. The van der Waals surface area contributed by atoms with Crippen LogP contribution in [0.1, 0.15) is 31.7 Å². The summed E-state index contributed by atoms with van der Waals surface area (Å²) in [6.07, 6.45) is -0.0775. The van der Waals surface area contributed by atoms with Crippen LogP contribution in [0.4, 0.5) is 8.78 Å². The summed E-state index contributed by atoms with van der Waals surface area (Å²) >= 11 is 0. The number of benzene rings is 1. The van der Waals surface area contributed by atoms with Gasteiger partial charge in [-0.2, -0.15) is 0 Å². The van der Waals surface area contributed by atoms with Crippen LogP contribution in [0.25, 0.3) is 0 Å². The fourth-order valence-corrected chi connectivity index (χ4v) is 2.21. The van der Waals surface area contributed by atoms with Crippen molar-refractivity contribution in [2.75, 3.05) is 6.54 Å². The summed E-state index contributed by atoms with van der Waals surface area (Å²) in [6.45, 7) is 3.91. The molecule has 0 bridgehead atoms. The van der Waals surface area contributed by atoms with Crippen LogP contribution in [0.2, 0.25) is 0 Å². The van der Waals surface area contributed by atoms with Crippen molar-refractivity contribution in [3.8, 4) is 0 Å². The van der Waals surface area contributed by atoms with Crippen LogP contribution in [0.3, 0.4) is 0 Å². The van der Waals surface area contributed by atoms with Gasteiger partial charge in [-0.15, -0.1) is 0 Å². The van der Waals surface area contributed by atoms with Gasteiger partial charge in [0.15, 0.2) is 11.6 Å². The molecule has 0 heterocycles. The molecule has 3 unspecified atom stereocenters. The number of aliphatic hydroxyl groups excluding tert-OH is 1. The minimum absolute atomic E-state index is 0.0611. The van der Waals surface area contributed by atoms with Crippen molar-refractivity contribution in [1.29, 1.82) is 0 Å². The summed E-state index contributed by atoms with van der Waals surface area (Å²) in [7, 11) is 0. The summed E-state index contributed by atoms with van der Waals surface area (Å²) in [5.74, 6) is -2.49. The predicted octanol–water partition coefficient (Wildman–Crippen LogP) is 2.20. The fourth-order valence-electron chi connectivity index (χ4n) is 2.21. The highest BCUT2D eigenvalue weighted by atomic mass is 19.2. The molecule has 0 aliphatic heterocycles. The lowest BCUT2D eigenvalue weighted by molar-refractivity contribution is -0.123. The van der Waals surface area contributed by atoms with E-state index >= 15 is 0 Å². The van der Waals surface area contributed by atoms with Gasteiger partial charge in [-0.05, 0) is 29.9 Å². The third kappa shape index (κ3) is 3.15. The molecule has 110 valence electrons. The summed E-state index contributed by atoms with van der Waals surface area (Å²) < 4.78 is 26.7. The van der Waals surface area contributed by atoms with Crippen molar-refractivity contribution >= 4 is 5.91 Å². The van der Waals surface area contributed by atoms with Crippen molar-refractivity contribution < 1.29 is 18.7 Å². The van der Waals surface area contributed by atoms with Gasteiger partial charge in [0, 0.05) is 12.5 Å². The monoisotopic (exact) mass is 283 g/mol. The molecule has 5 heteroatoms. The summed E-state index contributed by atoms with van der Waals surface area (Å²) in [6, 6.07) is 4.03. The number of rotatable bonds is 5. The zero-order valence-electron chi connectivity index (χ0n) is 11.6. The van der Waals surface area contributed by atoms with Crippen LogP contribution in [-0.4, -0.2) is 23.7 Å². The molecule has 2 N–H and O–H groups in total. The van der Waals surface area contributed by atoms with E-state index in [1.807, 2.05) is 13.8 Å². The lowest BCUT2D eigenvalue weighted by Gasteiger charge is -2.15. The zero-order valence-corrected chi connectivity index (χ0v) is 11.6. The van der Waals surface area contributed by atoms with Gasteiger partial charge in [0.25, 0.3) is 0 Å². The van der Waals surface area contributed by atoms with Crippen LogP contribution in [-0.2, 0) is 4.79 Å². The van der Waals surface area contributed by atoms with E-state index in [-0.39, 0.29) is 35.8 Å². The highest BCUT2D eigenvalue weighted by Gasteiger charge is 2.45. The van der Waals surface area contributed by atoms with Crippen LogP contribution in [0.5, 0.6) is 0 Å². The van der Waals surface area contributed by atoms with Crippen molar-refractivity contribution in [3.63, 3.8) is 0 Å². The topological polar surface area (TPSA) is 49.3 Å². The van der Waals surface area contributed by atoms with Gasteiger partial charge in [0.05, 0.1) is 6.10 Å². The van der Waals surface area contributed by atoms with E-state index in [2.05, 4.69) is 5.32 Å². The van der Waals surface area contributed by atoms with Gasteiger partial charge >= 0.3 is 0 Å². The highest BCUT2D eigenvalue weighted by Crippen LogP contribution is 2.48. The fraction of sp³-hybridized carbons (Fsp3) is 0.533. The molecule has 20 heavy (non-hydrogen) atoms. The van der Waals surface area contributed by atoms with Crippen molar-refractivity contribution in [3.05, 3.63) is 35.4 Å². The first-order valence-corrected chi connectivity index (χ1v) is 6.81. The smallest absolute Gasteiger partial charge is 0.223 e. The Balaban J connectivity index is 1.91. The Kier molecular flexibility index (Phi) is 4.38.